The Morgan fingerprint density at radius 1 is 1.50 bits per heavy atom. The Hall–Kier alpha value is -0.610. The van der Waals surface area contributed by atoms with Gasteiger partial charge in [0.15, 0.2) is 0 Å². The van der Waals surface area contributed by atoms with Gasteiger partial charge in [0.1, 0.15) is 6.04 Å². The van der Waals surface area contributed by atoms with Crippen LogP contribution in [-0.4, -0.2) is 47.2 Å². The average molecular weight is 228 g/mol. The van der Waals surface area contributed by atoms with Crippen molar-refractivity contribution in [1.29, 1.82) is 0 Å². The first-order valence-electron chi connectivity index (χ1n) is 6.32. The second kappa shape index (κ2) is 6.21. The van der Waals surface area contributed by atoms with Crippen LogP contribution in [0, 0.1) is 0 Å². The zero-order chi connectivity index (χ0) is 12.1. The highest BCUT2D eigenvalue weighted by Gasteiger charge is 2.32. The van der Waals surface area contributed by atoms with Gasteiger partial charge < -0.3 is 10.4 Å². The average Bonchev–Trinajstić information content (AvgIpc) is 2.59. The summed E-state index contributed by atoms with van der Waals surface area (Å²) in [6.07, 6.45) is 3.51. The fourth-order valence-corrected chi connectivity index (χ4v) is 2.58. The van der Waals surface area contributed by atoms with Crippen LogP contribution in [0.2, 0.25) is 0 Å². The zero-order valence-corrected chi connectivity index (χ0v) is 10.6. The summed E-state index contributed by atoms with van der Waals surface area (Å²) in [5, 5.41) is 12.2. The lowest BCUT2D eigenvalue weighted by atomic mass is 10.1. The van der Waals surface area contributed by atoms with Crippen molar-refractivity contribution in [3.63, 3.8) is 0 Å². The van der Waals surface area contributed by atoms with E-state index in [0.29, 0.717) is 25.2 Å². The number of nitrogens with one attached hydrogen (secondary N) is 1. The lowest BCUT2D eigenvalue weighted by molar-refractivity contribution is -0.140. The number of likely N-dealkylation sites (N-methyl/N-ethyl adjacent to an activating group) is 1. The van der Waals surface area contributed by atoms with Crippen molar-refractivity contribution in [2.75, 3.05) is 13.1 Å². The first-order valence-corrected chi connectivity index (χ1v) is 6.32. The molecule has 94 valence electrons. The summed E-state index contributed by atoms with van der Waals surface area (Å²) >= 11 is 0. The van der Waals surface area contributed by atoms with Gasteiger partial charge in [-0.15, -0.1) is 0 Å². The molecule has 0 radical (unpaired) electrons. The van der Waals surface area contributed by atoms with Gasteiger partial charge in [-0.1, -0.05) is 13.8 Å². The van der Waals surface area contributed by atoms with Gasteiger partial charge in [-0.3, -0.25) is 9.69 Å². The molecule has 1 rings (SSSR count). The van der Waals surface area contributed by atoms with E-state index in [-0.39, 0.29) is 0 Å². The lowest BCUT2D eigenvalue weighted by Crippen LogP contribution is -2.49. The predicted molar refractivity (Wildman–Crippen MR) is 64.6 cm³/mol. The van der Waals surface area contributed by atoms with E-state index in [1.807, 2.05) is 6.92 Å². The molecule has 3 unspecified atom stereocenters. The quantitative estimate of drug-likeness (QED) is 0.720. The first-order chi connectivity index (χ1) is 7.60. The minimum absolute atomic E-state index is 0.431. The number of aliphatic carboxylic acids is 1. The number of hydrogen-bond donors (Lipinski definition) is 2. The molecule has 4 heteroatoms. The summed E-state index contributed by atoms with van der Waals surface area (Å²) in [6, 6.07) is 0.653. The Morgan fingerprint density at radius 2 is 2.19 bits per heavy atom. The number of carbonyl (C=O) groups is 1. The van der Waals surface area contributed by atoms with Crippen molar-refractivity contribution >= 4 is 5.97 Å². The van der Waals surface area contributed by atoms with Crippen molar-refractivity contribution in [1.82, 2.24) is 10.2 Å². The number of hydrogen-bond acceptors (Lipinski definition) is 3. The molecule has 16 heavy (non-hydrogen) atoms. The summed E-state index contributed by atoms with van der Waals surface area (Å²) in [5.41, 5.74) is 0. The maximum Gasteiger partial charge on any atom is 0.322 e. The Bertz CT molecular complexity index is 233. The smallest absolute Gasteiger partial charge is 0.322 e. The molecule has 0 aromatic rings. The minimum atomic E-state index is -0.740. The van der Waals surface area contributed by atoms with Crippen LogP contribution >= 0.6 is 0 Å². The third kappa shape index (κ3) is 3.19. The summed E-state index contributed by atoms with van der Waals surface area (Å²) in [6.45, 7) is 7.65. The Balaban J connectivity index is 2.57. The molecule has 0 aromatic carbocycles. The zero-order valence-electron chi connectivity index (χ0n) is 10.6. The number of rotatable bonds is 6. The Morgan fingerprint density at radius 3 is 2.69 bits per heavy atom. The van der Waals surface area contributed by atoms with Crippen LogP contribution in [-0.2, 0) is 4.79 Å². The molecule has 0 aromatic heterocycles. The van der Waals surface area contributed by atoms with E-state index in [1.165, 1.54) is 12.8 Å². The molecule has 1 heterocycles. The van der Waals surface area contributed by atoms with E-state index in [0.717, 1.165) is 6.42 Å². The summed E-state index contributed by atoms with van der Waals surface area (Å²) in [5.74, 6) is -0.740. The molecule has 1 aliphatic heterocycles. The predicted octanol–water partition coefficient (Wildman–Crippen LogP) is 1.31. The van der Waals surface area contributed by atoms with Crippen LogP contribution < -0.4 is 5.32 Å². The molecule has 0 saturated carbocycles. The molecule has 1 aliphatic rings. The van der Waals surface area contributed by atoms with Crippen LogP contribution in [0.5, 0.6) is 0 Å². The van der Waals surface area contributed by atoms with E-state index in [4.69, 9.17) is 5.11 Å². The van der Waals surface area contributed by atoms with Gasteiger partial charge in [-0.05, 0) is 32.7 Å². The molecule has 0 amide bonds. The standard InChI is InChI=1S/C12H24N2O2/c1-4-10-7-6-9(3)14(10)8-11(12(15)16)13-5-2/h9-11,13H,4-8H2,1-3H3,(H,15,16). The molecule has 4 nitrogen and oxygen atoms in total. The maximum absolute atomic E-state index is 11.1. The van der Waals surface area contributed by atoms with Crippen LogP contribution in [0.15, 0.2) is 0 Å². The van der Waals surface area contributed by atoms with Crippen LogP contribution in [0.3, 0.4) is 0 Å². The van der Waals surface area contributed by atoms with Crippen LogP contribution in [0.25, 0.3) is 0 Å². The second-order valence-corrected chi connectivity index (χ2v) is 4.63. The normalized spacial score (nSPS) is 28.2. The molecule has 0 aliphatic carbocycles. The topological polar surface area (TPSA) is 52.6 Å². The van der Waals surface area contributed by atoms with E-state index in [9.17, 15) is 4.79 Å². The molecular formula is C12H24N2O2. The summed E-state index contributed by atoms with van der Waals surface area (Å²) in [4.78, 5) is 13.4. The lowest BCUT2D eigenvalue weighted by Gasteiger charge is -2.30. The minimum Gasteiger partial charge on any atom is -0.480 e. The largest absolute Gasteiger partial charge is 0.480 e. The van der Waals surface area contributed by atoms with Crippen molar-refractivity contribution in [3.05, 3.63) is 0 Å². The number of nitrogens with zero attached hydrogens (tertiary/aromatic N) is 1. The SMILES string of the molecule is CCNC(CN1C(C)CCC1CC)C(=O)O. The fourth-order valence-electron chi connectivity index (χ4n) is 2.58. The fraction of sp³-hybridized carbons (Fsp3) is 0.917. The highest BCUT2D eigenvalue weighted by atomic mass is 16.4. The molecule has 0 bridgehead atoms. The maximum atomic E-state index is 11.1. The van der Waals surface area contributed by atoms with E-state index >= 15 is 0 Å². The van der Waals surface area contributed by atoms with Crippen molar-refractivity contribution in [2.45, 2.75) is 58.2 Å². The van der Waals surface area contributed by atoms with E-state index in [1.54, 1.807) is 0 Å². The second-order valence-electron chi connectivity index (χ2n) is 4.63. The first kappa shape index (κ1) is 13.5. The Kier molecular flexibility index (Phi) is 5.22. The molecule has 3 atom stereocenters. The monoisotopic (exact) mass is 228 g/mol. The molecule has 1 saturated heterocycles. The number of carboxylic acids is 1. The van der Waals surface area contributed by atoms with Gasteiger partial charge in [0.05, 0.1) is 0 Å². The van der Waals surface area contributed by atoms with Gasteiger partial charge in [0.25, 0.3) is 0 Å². The van der Waals surface area contributed by atoms with Gasteiger partial charge in [0.2, 0.25) is 0 Å². The van der Waals surface area contributed by atoms with Gasteiger partial charge >= 0.3 is 5.97 Å². The van der Waals surface area contributed by atoms with Crippen LogP contribution in [0.4, 0.5) is 0 Å². The molecule has 0 spiro atoms. The van der Waals surface area contributed by atoms with E-state index < -0.39 is 12.0 Å². The van der Waals surface area contributed by atoms with E-state index in [2.05, 4.69) is 24.1 Å². The molecule has 2 N–H and O–H groups in total. The van der Waals surface area contributed by atoms with Gasteiger partial charge in [0, 0.05) is 18.6 Å². The van der Waals surface area contributed by atoms with Crippen molar-refractivity contribution < 1.29 is 9.90 Å². The van der Waals surface area contributed by atoms with Crippen molar-refractivity contribution in [3.8, 4) is 0 Å². The Labute approximate surface area is 98.0 Å². The molecular weight excluding hydrogens is 204 g/mol. The highest BCUT2D eigenvalue weighted by molar-refractivity contribution is 5.73. The molecule has 1 fully saturated rings. The van der Waals surface area contributed by atoms with Crippen molar-refractivity contribution in [2.24, 2.45) is 0 Å². The third-order valence-electron chi connectivity index (χ3n) is 3.57. The van der Waals surface area contributed by atoms with Gasteiger partial charge in [-0.2, -0.15) is 0 Å². The highest BCUT2D eigenvalue weighted by Crippen LogP contribution is 2.25. The van der Waals surface area contributed by atoms with Crippen LogP contribution in [0.1, 0.15) is 40.0 Å². The number of carboxylic acid groups (broad SMARTS) is 1. The third-order valence-corrected chi connectivity index (χ3v) is 3.57. The van der Waals surface area contributed by atoms with Gasteiger partial charge in [-0.25, -0.2) is 0 Å². The summed E-state index contributed by atoms with van der Waals surface area (Å²) < 4.78 is 0. The summed E-state index contributed by atoms with van der Waals surface area (Å²) in [7, 11) is 0. The number of likely N-dealkylation sites (tertiary alicyclic amines) is 1.